The Balaban J connectivity index is 1.21. The number of benzene rings is 1. The van der Waals surface area contributed by atoms with Crippen molar-refractivity contribution in [2.75, 3.05) is 5.32 Å². The van der Waals surface area contributed by atoms with Crippen molar-refractivity contribution in [1.29, 1.82) is 0 Å². The topological polar surface area (TPSA) is 80.2 Å². The summed E-state index contributed by atoms with van der Waals surface area (Å²) >= 11 is 0. The molecule has 31 heavy (non-hydrogen) atoms. The van der Waals surface area contributed by atoms with Crippen LogP contribution in [0.4, 0.5) is 5.69 Å². The number of carbonyl (C=O) groups excluding carboxylic acids is 2. The Hall–Kier alpha value is -2.89. The van der Waals surface area contributed by atoms with Gasteiger partial charge in [0.25, 0.3) is 11.5 Å². The molecule has 6 nitrogen and oxygen atoms in total. The second kappa shape index (κ2) is 7.66. The largest absolute Gasteiger partial charge is 0.347 e. The third kappa shape index (κ3) is 4.16. The van der Waals surface area contributed by atoms with Crippen LogP contribution in [0, 0.1) is 24.7 Å². The average Bonchev–Trinajstić information content (AvgIpc) is 2.70. The Morgan fingerprint density at radius 3 is 2.19 bits per heavy atom. The van der Waals surface area contributed by atoms with E-state index >= 15 is 0 Å². The lowest BCUT2D eigenvalue weighted by molar-refractivity contribution is -0.116. The maximum atomic E-state index is 12.9. The highest BCUT2D eigenvalue weighted by atomic mass is 16.2. The predicted octanol–water partition coefficient (Wildman–Crippen LogP) is 3.49. The number of carbonyl (C=O) groups is 2. The number of hydrogen-bond acceptors (Lipinski definition) is 3. The Labute approximate surface area is 182 Å². The smallest absolute Gasteiger partial charge is 0.251 e. The van der Waals surface area contributed by atoms with Gasteiger partial charge in [0.15, 0.2) is 0 Å². The Morgan fingerprint density at radius 1 is 0.968 bits per heavy atom. The third-order valence-electron chi connectivity index (χ3n) is 7.29. The summed E-state index contributed by atoms with van der Waals surface area (Å²) in [4.78, 5) is 37.1. The van der Waals surface area contributed by atoms with E-state index in [0.29, 0.717) is 11.3 Å². The van der Waals surface area contributed by atoms with Gasteiger partial charge in [-0.1, -0.05) is 6.07 Å². The zero-order valence-corrected chi connectivity index (χ0v) is 17.9. The molecule has 0 radical (unpaired) electrons. The molecule has 4 aliphatic rings. The van der Waals surface area contributed by atoms with Crippen molar-refractivity contribution in [3.63, 3.8) is 0 Å². The van der Waals surface area contributed by atoms with Gasteiger partial charge in [0.1, 0.15) is 6.54 Å². The summed E-state index contributed by atoms with van der Waals surface area (Å²) in [5.41, 5.74) is 1.92. The molecule has 0 saturated heterocycles. The zero-order valence-electron chi connectivity index (χ0n) is 17.9. The molecule has 2 aromatic rings. The molecule has 4 aliphatic carbocycles. The number of hydrogen-bond donors (Lipinski definition) is 2. The van der Waals surface area contributed by atoms with Crippen molar-refractivity contribution >= 4 is 17.5 Å². The number of rotatable bonds is 5. The maximum Gasteiger partial charge on any atom is 0.251 e. The van der Waals surface area contributed by atoms with Gasteiger partial charge in [0, 0.05) is 29.1 Å². The van der Waals surface area contributed by atoms with Gasteiger partial charge >= 0.3 is 0 Å². The van der Waals surface area contributed by atoms with Gasteiger partial charge in [-0.25, -0.2) is 0 Å². The zero-order chi connectivity index (χ0) is 21.6. The Kier molecular flexibility index (Phi) is 4.95. The third-order valence-corrected chi connectivity index (χ3v) is 7.29. The molecule has 6 heteroatoms. The maximum absolute atomic E-state index is 12.9. The normalized spacial score (nSPS) is 28.4. The SMILES string of the molecule is Cc1ccc(=O)n(CC(=O)Nc2ccc(C(=O)NC34CC5CC(CC(C5)C3)C4)cc2)c1. The highest BCUT2D eigenvalue weighted by Crippen LogP contribution is 2.55. The van der Waals surface area contributed by atoms with Crippen LogP contribution in [0.2, 0.25) is 0 Å². The van der Waals surface area contributed by atoms with Gasteiger partial charge in [-0.15, -0.1) is 0 Å². The highest BCUT2D eigenvalue weighted by Gasteiger charge is 2.51. The summed E-state index contributed by atoms with van der Waals surface area (Å²) in [5.74, 6) is 2.05. The molecule has 0 atom stereocenters. The van der Waals surface area contributed by atoms with Crippen LogP contribution in [0.1, 0.15) is 54.4 Å². The first-order chi connectivity index (χ1) is 14.9. The monoisotopic (exact) mass is 419 g/mol. The fourth-order valence-corrected chi connectivity index (χ4v) is 6.41. The van der Waals surface area contributed by atoms with E-state index in [4.69, 9.17) is 0 Å². The first-order valence-corrected chi connectivity index (χ1v) is 11.3. The fraction of sp³-hybridized carbons (Fsp3) is 0.480. The van der Waals surface area contributed by atoms with E-state index in [-0.39, 0.29) is 29.5 Å². The van der Waals surface area contributed by atoms with Crippen LogP contribution < -0.4 is 16.2 Å². The number of amides is 2. The van der Waals surface area contributed by atoms with E-state index in [9.17, 15) is 14.4 Å². The van der Waals surface area contributed by atoms with Crippen LogP contribution in [0.5, 0.6) is 0 Å². The molecule has 1 aromatic heterocycles. The van der Waals surface area contributed by atoms with E-state index in [1.165, 1.54) is 29.9 Å². The first-order valence-electron chi connectivity index (χ1n) is 11.3. The highest BCUT2D eigenvalue weighted by molar-refractivity contribution is 5.96. The number of nitrogens with zero attached hydrogens (tertiary/aromatic N) is 1. The van der Waals surface area contributed by atoms with E-state index in [0.717, 1.165) is 42.6 Å². The fourth-order valence-electron chi connectivity index (χ4n) is 6.41. The van der Waals surface area contributed by atoms with Crippen molar-refractivity contribution in [2.45, 2.75) is 57.5 Å². The summed E-state index contributed by atoms with van der Waals surface area (Å²) in [6.45, 7) is 1.83. The molecule has 4 bridgehead atoms. The molecule has 6 rings (SSSR count). The molecular weight excluding hydrogens is 390 g/mol. The van der Waals surface area contributed by atoms with E-state index < -0.39 is 0 Å². The summed E-state index contributed by atoms with van der Waals surface area (Å²) < 4.78 is 1.39. The Bertz CT molecular complexity index is 1030. The van der Waals surface area contributed by atoms with Crippen molar-refractivity contribution in [3.05, 3.63) is 64.1 Å². The molecule has 0 aliphatic heterocycles. The van der Waals surface area contributed by atoms with E-state index in [1.807, 2.05) is 6.92 Å². The summed E-state index contributed by atoms with van der Waals surface area (Å²) in [7, 11) is 0. The van der Waals surface area contributed by atoms with Crippen molar-refractivity contribution in [2.24, 2.45) is 17.8 Å². The Morgan fingerprint density at radius 2 is 1.58 bits per heavy atom. The first kappa shape index (κ1) is 20.0. The van der Waals surface area contributed by atoms with Gasteiger partial charge in [0.05, 0.1) is 0 Å². The lowest BCUT2D eigenvalue weighted by Gasteiger charge is -2.56. The van der Waals surface area contributed by atoms with Crippen LogP contribution in [0.25, 0.3) is 0 Å². The number of nitrogens with one attached hydrogen (secondary N) is 2. The standard InChI is InChI=1S/C25H29N3O3/c1-16-2-7-23(30)28(14-16)15-22(29)26-21-5-3-20(4-6-21)24(31)27-25-11-17-8-18(12-25)10-19(9-17)13-25/h2-7,14,17-19H,8-13,15H2,1H3,(H,26,29)(H,27,31). The van der Waals surface area contributed by atoms with Gasteiger partial charge in [0.2, 0.25) is 5.91 Å². The molecule has 2 N–H and O–H groups in total. The summed E-state index contributed by atoms with van der Waals surface area (Å²) in [5, 5.41) is 6.18. The quantitative estimate of drug-likeness (QED) is 0.779. The summed E-state index contributed by atoms with van der Waals surface area (Å²) in [6.07, 6.45) is 9.07. The molecule has 1 heterocycles. The van der Waals surface area contributed by atoms with Gasteiger partial charge in [-0.3, -0.25) is 14.4 Å². The van der Waals surface area contributed by atoms with Crippen LogP contribution in [-0.2, 0) is 11.3 Å². The van der Waals surface area contributed by atoms with Crippen molar-refractivity contribution in [1.82, 2.24) is 9.88 Å². The van der Waals surface area contributed by atoms with Crippen LogP contribution in [0.15, 0.2) is 47.4 Å². The average molecular weight is 420 g/mol. The number of aryl methyl sites for hydroxylation is 1. The second-order valence-electron chi connectivity index (χ2n) is 9.95. The minimum absolute atomic E-state index is 0.0141. The number of anilines is 1. The van der Waals surface area contributed by atoms with Crippen molar-refractivity contribution in [3.8, 4) is 0 Å². The minimum atomic E-state index is -0.279. The molecule has 162 valence electrons. The van der Waals surface area contributed by atoms with Crippen molar-refractivity contribution < 1.29 is 9.59 Å². The molecule has 2 amide bonds. The van der Waals surface area contributed by atoms with Crippen LogP contribution >= 0.6 is 0 Å². The molecule has 0 spiro atoms. The number of aromatic nitrogens is 1. The van der Waals surface area contributed by atoms with E-state index in [1.54, 1.807) is 36.5 Å². The molecular formula is C25H29N3O3. The summed E-state index contributed by atoms with van der Waals surface area (Å²) in [6, 6.07) is 10.2. The minimum Gasteiger partial charge on any atom is -0.347 e. The van der Waals surface area contributed by atoms with Gasteiger partial charge < -0.3 is 15.2 Å². The second-order valence-corrected chi connectivity index (χ2v) is 9.95. The molecule has 4 saturated carbocycles. The predicted molar refractivity (Wildman–Crippen MR) is 119 cm³/mol. The lowest BCUT2D eigenvalue weighted by atomic mass is 9.53. The molecule has 1 aromatic carbocycles. The van der Waals surface area contributed by atoms with Crippen LogP contribution in [0.3, 0.4) is 0 Å². The molecule has 4 fully saturated rings. The van der Waals surface area contributed by atoms with E-state index in [2.05, 4.69) is 10.6 Å². The van der Waals surface area contributed by atoms with Gasteiger partial charge in [-0.05, 0) is 93.0 Å². The number of pyridine rings is 1. The lowest BCUT2D eigenvalue weighted by Crippen LogP contribution is -2.59. The van der Waals surface area contributed by atoms with Gasteiger partial charge in [-0.2, -0.15) is 0 Å². The van der Waals surface area contributed by atoms with Crippen LogP contribution in [-0.4, -0.2) is 21.9 Å². The molecule has 0 unspecified atom stereocenters.